The number of benzene rings is 9. The molecule has 2 nitrogen and oxygen atoms in total. The molecule has 0 amide bonds. The van der Waals surface area contributed by atoms with Crippen molar-refractivity contribution >= 4 is 23.5 Å². The monoisotopic (exact) mass is 830 g/mol. The average Bonchev–Trinajstić information content (AvgIpc) is 3.76. The van der Waals surface area contributed by atoms with Gasteiger partial charge in [0.2, 0.25) is 0 Å². The van der Waals surface area contributed by atoms with E-state index < -0.39 is 5.41 Å². The molecule has 0 N–H and O–H groups in total. The molecule has 0 bridgehead atoms. The van der Waals surface area contributed by atoms with E-state index in [9.17, 15) is 0 Å². The maximum atomic E-state index is 6.80. The smallest absolute Gasteiger partial charge is 0.178 e. The molecule has 0 unspecified atom stereocenters. The summed E-state index contributed by atoms with van der Waals surface area (Å²) in [7, 11) is 0. The van der Waals surface area contributed by atoms with Crippen LogP contribution in [0, 0.1) is 0 Å². The van der Waals surface area contributed by atoms with Gasteiger partial charge >= 0.3 is 0 Å². The number of hydrogen-bond acceptors (Lipinski definition) is 4. The Balaban J connectivity index is 0.950. The second kappa shape index (κ2) is 13.4. The quantitative estimate of drug-likeness (QED) is 0.176. The predicted octanol–water partition coefficient (Wildman–Crippen LogP) is 16.2. The fourth-order valence-corrected chi connectivity index (χ4v) is 13.0. The van der Waals surface area contributed by atoms with E-state index in [1.807, 2.05) is 47.8 Å². The molecule has 9 aromatic rings. The van der Waals surface area contributed by atoms with Crippen molar-refractivity contribution in [1.82, 2.24) is 0 Å². The maximum Gasteiger partial charge on any atom is 0.178 e. The fraction of sp³-hybridized carbons (Fsp3) is 0.0690. The van der Waals surface area contributed by atoms with Crippen LogP contribution < -0.4 is 9.47 Å². The van der Waals surface area contributed by atoms with Gasteiger partial charge in [-0.3, -0.25) is 0 Å². The minimum atomic E-state index is -0.602. The van der Waals surface area contributed by atoms with Gasteiger partial charge in [0.15, 0.2) is 23.0 Å². The minimum absolute atomic E-state index is 0.126. The molecule has 294 valence electrons. The van der Waals surface area contributed by atoms with Gasteiger partial charge in [0, 0.05) is 36.1 Å². The van der Waals surface area contributed by atoms with Crippen molar-refractivity contribution in [3.05, 3.63) is 228 Å². The lowest BCUT2D eigenvalue weighted by atomic mass is 9.67. The van der Waals surface area contributed by atoms with Gasteiger partial charge in [-0.15, -0.1) is 0 Å². The van der Waals surface area contributed by atoms with Crippen molar-refractivity contribution in [2.45, 2.75) is 44.3 Å². The van der Waals surface area contributed by atoms with Gasteiger partial charge in [-0.2, -0.15) is 0 Å². The Labute approximate surface area is 370 Å². The molecule has 0 aromatic heterocycles. The molecule has 0 fully saturated rings. The summed E-state index contributed by atoms with van der Waals surface area (Å²) in [6, 6.07) is 70.9. The van der Waals surface area contributed by atoms with E-state index in [2.05, 4.69) is 184 Å². The third-order valence-electron chi connectivity index (χ3n) is 13.5. The molecular weight excluding hydrogens is 793 g/mol. The van der Waals surface area contributed by atoms with Crippen LogP contribution in [-0.2, 0) is 10.8 Å². The van der Waals surface area contributed by atoms with Gasteiger partial charge in [-0.25, -0.2) is 0 Å². The summed E-state index contributed by atoms with van der Waals surface area (Å²) in [5.41, 5.74) is 16.6. The predicted molar refractivity (Wildman–Crippen MR) is 253 cm³/mol. The Morgan fingerprint density at radius 2 is 0.935 bits per heavy atom. The highest BCUT2D eigenvalue weighted by molar-refractivity contribution is 8.05. The molecule has 9 aromatic carbocycles. The summed E-state index contributed by atoms with van der Waals surface area (Å²) >= 11 is 3.82. The number of para-hydroxylation sites is 2. The topological polar surface area (TPSA) is 18.5 Å². The second-order valence-corrected chi connectivity index (χ2v) is 19.3. The standard InChI is InChI=1S/C58H38O2S2/c1-57(2)43-29-31-52-56(62-51-23-12-11-22-50(51)61-52)54(43)41-26-24-37(33-45(41)57)35-14-13-15-36(32-35)38-25-27-42-46(34-38)58(39-16-5-3-6-17-39,40-18-7-4-8-19-40)44-28-30-49-55(53(42)44)60-48-21-10-9-20-47(48)59-49/h3-34H,1-2H3. The average molecular weight is 831 g/mol. The van der Waals surface area contributed by atoms with Crippen LogP contribution in [0.15, 0.2) is 214 Å². The first kappa shape index (κ1) is 36.0. The lowest BCUT2D eigenvalue weighted by molar-refractivity contribution is 0.360. The summed E-state index contributed by atoms with van der Waals surface area (Å²) in [4.78, 5) is 5.41. The van der Waals surface area contributed by atoms with E-state index in [1.165, 1.54) is 86.3 Å². The van der Waals surface area contributed by atoms with Crippen molar-refractivity contribution in [1.29, 1.82) is 0 Å². The molecule has 0 saturated heterocycles. The summed E-state index contributed by atoms with van der Waals surface area (Å²) < 4.78 is 13.3. The Bertz CT molecular complexity index is 3290. The van der Waals surface area contributed by atoms with Crippen LogP contribution in [0.4, 0.5) is 0 Å². The highest BCUT2D eigenvalue weighted by Crippen LogP contribution is 2.63. The molecule has 0 saturated carbocycles. The van der Waals surface area contributed by atoms with Crippen LogP contribution in [0.1, 0.15) is 47.2 Å². The normalized spacial score (nSPS) is 15.0. The Morgan fingerprint density at radius 1 is 0.371 bits per heavy atom. The van der Waals surface area contributed by atoms with Crippen molar-refractivity contribution in [2.75, 3.05) is 0 Å². The Morgan fingerprint density at radius 3 is 1.63 bits per heavy atom. The molecule has 0 atom stereocenters. The van der Waals surface area contributed by atoms with E-state index in [-0.39, 0.29) is 5.41 Å². The third-order valence-corrected chi connectivity index (χ3v) is 16.1. The van der Waals surface area contributed by atoms with Gasteiger partial charge in [0.25, 0.3) is 0 Å². The van der Waals surface area contributed by atoms with Gasteiger partial charge in [-0.1, -0.05) is 177 Å². The van der Waals surface area contributed by atoms with Crippen LogP contribution in [0.25, 0.3) is 44.5 Å². The van der Waals surface area contributed by atoms with E-state index in [0.717, 1.165) is 34.1 Å². The first-order chi connectivity index (χ1) is 30.5. The van der Waals surface area contributed by atoms with Crippen molar-refractivity contribution in [2.24, 2.45) is 0 Å². The van der Waals surface area contributed by atoms with Crippen LogP contribution >= 0.6 is 23.5 Å². The van der Waals surface area contributed by atoms with E-state index in [1.54, 1.807) is 0 Å². The molecule has 62 heavy (non-hydrogen) atoms. The first-order valence-corrected chi connectivity index (χ1v) is 22.9. The number of hydrogen-bond donors (Lipinski definition) is 0. The molecule has 4 heteroatoms. The Hall–Kier alpha value is -6.72. The molecule has 2 aliphatic carbocycles. The van der Waals surface area contributed by atoms with E-state index in [4.69, 9.17) is 9.47 Å². The highest BCUT2D eigenvalue weighted by atomic mass is 32.2. The Kier molecular flexibility index (Phi) is 7.77. The summed E-state index contributed by atoms with van der Waals surface area (Å²) in [6.07, 6.45) is 0. The number of rotatable bonds is 4. The largest absolute Gasteiger partial charge is 0.449 e. The summed E-state index contributed by atoms with van der Waals surface area (Å²) in [5.74, 6) is 2.94. The van der Waals surface area contributed by atoms with Crippen molar-refractivity contribution < 1.29 is 9.47 Å². The SMILES string of the molecule is CC1(C)c2cc(-c3cccc(-c4ccc5c(c4)C(c4ccccc4)(c4ccccc4)c4ccc6c(c4-5)Oc4ccccc4O6)c3)ccc2-c2c1ccc1c2Sc2ccccc2S1. The zero-order valence-corrected chi connectivity index (χ0v) is 35.7. The second-order valence-electron chi connectivity index (χ2n) is 17.1. The van der Waals surface area contributed by atoms with E-state index in [0.29, 0.717) is 0 Å². The molecule has 0 radical (unpaired) electrons. The van der Waals surface area contributed by atoms with Gasteiger partial charge in [0.05, 0.1) is 5.41 Å². The molecular formula is C58H38O2S2. The lowest BCUT2D eigenvalue weighted by Crippen LogP contribution is -2.28. The van der Waals surface area contributed by atoms with Crippen LogP contribution in [0.3, 0.4) is 0 Å². The molecule has 13 rings (SSSR count). The van der Waals surface area contributed by atoms with Crippen LogP contribution in [0.5, 0.6) is 23.0 Å². The molecule has 4 aliphatic rings. The zero-order valence-electron chi connectivity index (χ0n) is 34.1. The fourth-order valence-electron chi connectivity index (χ4n) is 10.6. The minimum Gasteiger partial charge on any atom is -0.449 e. The van der Waals surface area contributed by atoms with Gasteiger partial charge in [0.1, 0.15) is 0 Å². The highest BCUT2D eigenvalue weighted by Gasteiger charge is 2.48. The van der Waals surface area contributed by atoms with Crippen LogP contribution in [-0.4, -0.2) is 0 Å². The molecule has 2 heterocycles. The third kappa shape index (κ3) is 5.08. The van der Waals surface area contributed by atoms with Crippen molar-refractivity contribution in [3.8, 4) is 67.5 Å². The first-order valence-electron chi connectivity index (χ1n) is 21.2. The van der Waals surface area contributed by atoms with Gasteiger partial charge < -0.3 is 9.47 Å². The maximum absolute atomic E-state index is 6.80. The number of fused-ring (bicyclic) bond motifs is 12. The zero-order chi connectivity index (χ0) is 41.2. The lowest BCUT2D eigenvalue weighted by Gasteiger charge is -2.34. The summed E-state index contributed by atoms with van der Waals surface area (Å²) in [5, 5.41) is 0. The van der Waals surface area contributed by atoms with Crippen molar-refractivity contribution in [3.63, 3.8) is 0 Å². The summed E-state index contributed by atoms with van der Waals surface area (Å²) in [6.45, 7) is 4.78. The molecule has 0 spiro atoms. The van der Waals surface area contributed by atoms with Crippen LogP contribution in [0.2, 0.25) is 0 Å². The van der Waals surface area contributed by atoms with E-state index >= 15 is 0 Å². The number of ether oxygens (including phenoxy) is 2. The molecule has 2 aliphatic heterocycles. The van der Waals surface area contributed by atoms with Gasteiger partial charge in [-0.05, 0) is 121 Å².